The van der Waals surface area contributed by atoms with Crippen LogP contribution in [-0.2, 0) is 19.1 Å². The molecule has 4 heteroatoms. The number of hydrogen-bond acceptors (Lipinski definition) is 3. The predicted molar refractivity (Wildman–Crippen MR) is 79.5 cm³/mol. The van der Waals surface area contributed by atoms with E-state index in [0.717, 1.165) is 12.0 Å². The van der Waals surface area contributed by atoms with Gasteiger partial charge < -0.3 is 5.11 Å². The fraction of sp³-hybridized carbons (Fsp3) is 0.375. The summed E-state index contributed by atoms with van der Waals surface area (Å²) in [6.45, 7) is 5.31. The molecule has 0 saturated heterocycles. The highest BCUT2D eigenvalue weighted by Gasteiger charge is 2.22. The first-order valence-electron chi connectivity index (χ1n) is 6.73. The standard InChI is InChI=1S/C16H20N2O2/c1-5-11-6-8-12(9-7-11)14-10-13(16(2,3)20)15(19)18(4)17-14/h6-10,20H,5H2,1-4H3. The van der Waals surface area contributed by atoms with E-state index < -0.39 is 5.60 Å². The molecular formula is C16H20N2O2. The zero-order valence-corrected chi connectivity index (χ0v) is 12.3. The van der Waals surface area contributed by atoms with E-state index in [2.05, 4.69) is 12.0 Å². The summed E-state index contributed by atoms with van der Waals surface area (Å²) in [6.07, 6.45) is 0.982. The molecule has 0 amide bonds. The fourth-order valence-electron chi connectivity index (χ4n) is 2.10. The van der Waals surface area contributed by atoms with Gasteiger partial charge >= 0.3 is 0 Å². The molecule has 0 saturated carbocycles. The molecule has 4 nitrogen and oxygen atoms in total. The van der Waals surface area contributed by atoms with E-state index in [9.17, 15) is 9.90 Å². The van der Waals surface area contributed by atoms with Gasteiger partial charge in [-0.25, -0.2) is 4.68 Å². The average molecular weight is 272 g/mol. The molecule has 1 aromatic heterocycles. The highest BCUT2D eigenvalue weighted by atomic mass is 16.3. The van der Waals surface area contributed by atoms with E-state index in [0.29, 0.717) is 11.3 Å². The zero-order chi connectivity index (χ0) is 14.9. The maximum Gasteiger partial charge on any atom is 0.272 e. The lowest BCUT2D eigenvalue weighted by Crippen LogP contribution is -2.32. The molecule has 0 atom stereocenters. The van der Waals surface area contributed by atoms with Crippen LogP contribution >= 0.6 is 0 Å². The highest BCUT2D eigenvalue weighted by Crippen LogP contribution is 2.22. The minimum Gasteiger partial charge on any atom is -0.386 e. The van der Waals surface area contributed by atoms with Crippen molar-refractivity contribution in [3.63, 3.8) is 0 Å². The summed E-state index contributed by atoms with van der Waals surface area (Å²) < 4.78 is 1.27. The van der Waals surface area contributed by atoms with Crippen LogP contribution in [0.25, 0.3) is 11.3 Å². The molecule has 0 aliphatic carbocycles. The molecule has 1 N–H and O–H groups in total. The van der Waals surface area contributed by atoms with Crippen LogP contribution in [0.3, 0.4) is 0 Å². The summed E-state index contributed by atoms with van der Waals surface area (Å²) in [6, 6.07) is 9.74. The van der Waals surface area contributed by atoms with E-state index >= 15 is 0 Å². The zero-order valence-electron chi connectivity index (χ0n) is 12.3. The monoisotopic (exact) mass is 272 g/mol. The van der Waals surface area contributed by atoms with Crippen molar-refractivity contribution in [2.75, 3.05) is 0 Å². The minimum absolute atomic E-state index is 0.272. The summed E-state index contributed by atoms with van der Waals surface area (Å²) in [5, 5.41) is 14.4. The van der Waals surface area contributed by atoms with Gasteiger partial charge in [0.05, 0.1) is 16.9 Å². The summed E-state index contributed by atoms with van der Waals surface area (Å²) in [5.41, 5.74) is 1.77. The first-order chi connectivity index (χ1) is 9.32. The van der Waals surface area contributed by atoms with Gasteiger partial charge in [-0.3, -0.25) is 4.79 Å². The maximum absolute atomic E-state index is 12.0. The second-order valence-corrected chi connectivity index (χ2v) is 5.48. The van der Waals surface area contributed by atoms with Gasteiger partial charge in [0.15, 0.2) is 0 Å². The largest absolute Gasteiger partial charge is 0.386 e. The van der Waals surface area contributed by atoms with E-state index in [1.54, 1.807) is 27.0 Å². The molecule has 2 aromatic rings. The normalized spacial score (nSPS) is 11.7. The highest BCUT2D eigenvalue weighted by molar-refractivity contribution is 5.59. The van der Waals surface area contributed by atoms with Gasteiger partial charge in [0.25, 0.3) is 5.56 Å². The van der Waals surface area contributed by atoms with Crippen LogP contribution in [-0.4, -0.2) is 14.9 Å². The van der Waals surface area contributed by atoms with Gasteiger partial charge in [-0.2, -0.15) is 5.10 Å². The smallest absolute Gasteiger partial charge is 0.272 e. The topological polar surface area (TPSA) is 55.1 Å². The Hall–Kier alpha value is -1.94. The first-order valence-corrected chi connectivity index (χ1v) is 6.73. The van der Waals surface area contributed by atoms with Crippen molar-refractivity contribution >= 4 is 0 Å². The van der Waals surface area contributed by atoms with Crippen LogP contribution < -0.4 is 5.56 Å². The van der Waals surface area contributed by atoms with Crippen molar-refractivity contribution in [3.05, 3.63) is 51.8 Å². The van der Waals surface area contributed by atoms with Gasteiger partial charge in [-0.1, -0.05) is 31.2 Å². The van der Waals surface area contributed by atoms with Gasteiger partial charge in [0.1, 0.15) is 0 Å². The third-order valence-corrected chi connectivity index (χ3v) is 3.38. The van der Waals surface area contributed by atoms with Crippen LogP contribution in [0, 0.1) is 0 Å². The van der Waals surface area contributed by atoms with Crippen molar-refractivity contribution in [1.82, 2.24) is 9.78 Å². The molecule has 0 aliphatic heterocycles. The average Bonchev–Trinajstić information content (AvgIpc) is 2.40. The third-order valence-electron chi connectivity index (χ3n) is 3.38. The number of rotatable bonds is 3. The molecule has 1 heterocycles. The Kier molecular flexibility index (Phi) is 3.77. The lowest BCUT2D eigenvalue weighted by Gasteiger charge is -2.18. The van der Waals surface area contributed by atoms with Crippen molar-refractivity contribution in [3.8, 4) is 11.3 Å². The third kappa shape index (κ3) is 2.80. The molecule has 106 valence electrons. The van der Waals surface area contributed by atoms with Gasteiger partial charge in [-0.15, -0.1) is 0 Å². The molecule has 0 spiro atoms. The van der Waals surface area contributed by atoms with E-state index in [1.165, 1.54) is 10.2 Å². The number of hydrogen-bond donors (Lipinski definition) is 1. The second kappa shape index (κ2) is 5.21. The van der Waals surface area contributed by atoms with Crippen molar-refractivity contribution in [1.29, 1.82) is 0 Å². The number of aliphatic hydroxyl groups is 1. The Morgan fingerprint density at radius 1 is 1.25 bits per heavy atom. The molecule has 0 fully saturated rings. The molecular weight excluding hydrogens is 252 g/mol. The number of aryl methyl sites for hydroxylation is 2. The second-order valence-electron chi connectivity index (χ2n) is 5.48. The van der Waals surface area contributed by atoms with Crippen molar-refractivity contribution in [2.24, 2.45) is 7.05 Å². The summed E-state index contributed by atoms with van der Waals surface area (Å²) in [7, 11) is 1.60. The summed E-state index contributed by atoms with van der Waals surface area (Å²) >= 11 is 0. The summed E-state index contributed by atoms with van der Waals surface area (Å²) in [5.74, 6) is 0. The fourth-order valence-corrected chi connectivity index (χ4v) is 2.10. The van der Waals surface area contributed by atoms with Gasteiger partial charge in [0, 0.05) is 12.6 Å². The Bertz CT molecular complexity index is 664. The molecule has 2 rings (SSSR count). The SMILES string of the molecule is CCc1ccc(-c2cc(C(C)(C)O)c(=O)n(C)n2)cc1. The minimum atomic E-state index is -1.18. The number of aromatic nitrogens is 2. The van der Waals surface area contributed by atoms with Gasteiger partial charge in [0.2, 0.25) is 0 Å². The van der Waals surface area contributed by atoms with Crippen LogP contribution in [0.2, 0.25) is 0 Å². The molecule has 0 bridgehead atoms. The maximum atomic E-state index is 12.0. The lowest BCUT2D eigenvalue weighted by atomic mass is 9.98. The van der Waals surface area contributed by atoms with E-state index in [4.69, 9.17) is 0 Å². The molecule has 20 heavy (non-hydrogen) atoms. The lowest BCUT2D eigenvalue weighted by molar-refractivity contribution is 0.0763. The Balaban J connectivity index is 2.57. The van der Waals surface area contributed by atoms with E-state index in [1.807, 2.05) is 24.3 Å². The Morgan fingerprint density at radius 3 is 2.35 bits per heavy atom. The molecule has 0 radical (unpaired) electrons. The van der Waals surface area contributed by atoms with Crippen LogP contribution in [0.4, 0.5) is 0 Å². The van der Waals surface area contributed by atoms with Crippen molar-refractivity contribution in [2.45, 2.75) is 32.8 Å². The first kappa shape index (κ1) is 14.5. The van der Waals surface area contributed by atoms with Crippen molar-refractivity contribution < 1.29 is 5.11 Å². The van der Waals surface area contributed by atoms with E-state index in [-0.39, 0.29) is 5.56 Å². The Morgan fingerprint density at radius 2 is 1.85 bits per heavy atom. The van der Waals surface area contributed by atoms with Crippen LogP contribution in [0.1, 0.15) is 31.9 Å². The predicted octanol–water partition coefficient (Wildman–Crippen LogP) is 2.24. The van der Waals surface area contributed by atoms with Crippen LogP contribution in [0.15, 0.2) is 35.1 Å². The quantitative estimate of drug-likeness (QED) is 0.932. The Labute approximate surface area is 118 Å². The molecule has 1 aromatic carbocycles. The molecule has 0 aliphatic rings. The number of nitrogens with zero attached hydrogens (tertiary/aromatic N) is 2. The summed E-state index contributed by atoms with van der Waals surface area (Å²) in [4.78, 5) is 12.0. The van der Waals surface area contributed by atoms with Crippen LogP contribution in [0.5, 0.6) is 0 Å². The van der Waals surface area contributed by atoms with Gasteiger partial charge in [-0.05, 0) is 31.9 Å². The number of benzene rings is 1. The molecule has 0 unspecified atom stereocenters.